The predicted molar refractivity (Wildman–Crippen MR) is 124 cm³/mol. The molecule has 16 nitrogen and oxygen atoms in total. The molecule has 200 valence electrons. The van der Waals surface area contributed by atoms with Crippen molar-refractivity contribution in [1.82, 2.24) is 0 Å². The van der Waals surface area contributed by atoms with Gasteiger partial charge in [-0.2, -0.15) is 33.7 Å². The van der Waals surface area contributed by atoms with Crippen LogP contribution in [0.15, 0.2) is 60.7 Å². The van der Waals surface area contributed by atoms with E-state index in [2.05, 4.69) is 26.3 Å². The summed E-state index contributed by atoms with van der Waals surface area (Å²) in [5, 5.41) is -3.51. The molecule has 0 unspecified atom stereocenters. The van der Waals surface area contributed by atoms with Crippen LogP contribution in [0.1, 0.15) is 6.42 Å². The van der Waals surface area contributed by atoms with Crippen LogP contribution in [0.4, 0.5) is 0 Å². The van der Waals surface area contributed by atoms with E-state index < -0.39 is 68.9 Å². The van der Waals surface area contributed by atoms with Gasteiger partial charge in [0.05, 0.1) is 11.5 Å². The van der Waals surface area contributed by atoms with Gasteiger partial charge in [0.25, 0.3) is 0 Å². The quantitative estimate of drug-likeness (QED) is 0.116. The van der Waals surface area contributed by atoms with Gasteiger partial charge in [0, 0.05) is 0 Å². The molecular formula is C17H16N4O12S4. The number of benzene rings is 2. The van der Waals surface area contributed by atoms with Gasteiger partial charge in [0.1, 0.15) is 11.5 Å². The Morgan fingerprint density at radius 2 is 0.919 bits per heavy atom. The molecule has 0 heterocycles. The second-order valence-electron chi connectivity index (χ2n) is 6.48. The van der Waals surface area contributed by atoms with Crippen molar-refractivity contribution in [2.24, 2.45) is 0 Å². The minimum atomic E-state index is -5.04. The van der Waals surface area contributed by atoms with Crippen LogP contribution in [0.5, 0.6) is 11.5 Å². The van der Waals surface area contributed by atoms with Crippen molar-refractivity contribution in [2.45, 2.75) is 6.42 Å². The average Bonchev–Trinajstić information content (AvgIpc) is 2.81. The normalized spacial score (nSPS) is 11.9. The van der Waals surface area contributed by atoms with Crippen molar-refractivity contribution in [3.05, 3.63) is 71.7 Å². The molecule has 2 rings (SSSR count). The fraction of sp³-hybridized carbons (Fsp3) is 0.176. The van der Waals surface area contributed by atoms with E-state index in [0.717, 1.165) is 0 Å². The maximum absolute atomic E-state index is 12.1. The molecule has 2 aromatic rings. The van der Waals surface area contributed by atoms with E-state index in [4.69, 9.17) is 11.1 Å². The fourth-order valence-corrected chi connectivity index (χ4v) is 6.41. The highest BCUT2D eigenvalue weighted by Crippen LogP contribution is 2.15. The summed E-state index contributed by atoms with van der Waals surface area (Å²) in [5.41, 5.74) is 17.8. The van der Waals surface area contributed by atoms with E-state index in [1.807, 2.05) is 0 Å². The van der Waals surface area contributed by atoms with Crippen LogP contribution < -0.4 is 8.37 Å². The molecule has 0 saturated heterocycles. The lowest BCUT2D eigenvalue weighted by Gasteiger charge is -2.06. The van der Waals surface area contributed by atoms with Gasteiger partial charge in [-0.3, -0.25) is 8.37 Å². The molecule has 0 aromatic heterocycles. The van der Waals surface area contributed by atoms with Crippen molar-refractivity contribution in [3.8, 4) is 11.5 Å². The van der Waals surface area contributed by atoms with Crippen molar-refractivity contribution >= 4 is 50.9 Å². The lowest BCUT2D eigenvalue weighted by atomic mass is 10.3. The first-order chi connectivity index (χ1) is 17.2. The minimum absolute atomic E-state index is 0.263. The van der Waals surface area contributed by atoms with Crippen LogP contribution in [-0.2, 0) is 48.8 Å². The van der Waals surface area contributed by atoms with Gasteiger partial charge < -0.3 is 19.4 Å². The highest BCUT2D eigenvalue weighted by Gasteiger charge is 2.40. The van der Waals surface area contributed by atoms with Crippen molar-refractivity contribution in [2.75, 3.05) is 11.5 Å². The number of para-hydroxylation sites is 2. The van der Waals surface area contributed by atoms with Gasteiger partial charge in [-0.15, -0.1) is 9.58 Å². The average molecular weight is 597 g/mol. The zero-order chi connectivity index (χ0) is 27.7. The van der Waals surface area contributed by atoms with E-state index in [-0.39, 0.29) is 11.5 Å². The number of hydrogen-bond acceptors (Lipinski definition) is 12. The monoisotopic (exact) mass is 596 g/mol. The summed E-state index contributed by atoms with van der Waals surface area (Å²) in [6.45, 7) is 0. The van der Waals surface area contributed by atoms with Crippen LogP contribution >= 0.6 is 0 Å². The maximum atomic E-state index is 12.1. The molecule has 37 heavy (non-hydrogen) atoms. The number of hydrogen-bond donors (Lipinski definition) is 0. The van der Waals surface area contributed by atoms with E-state index in [1.165, 1.54) is 60.7 Å². The molecule has 0 saturated carbocycles. The first-order valence-electron chi connectivity index (χ1n) is 9.47. The van der Waals surface area contributed by atoms with Crippen molar-refractivity contribution < 1.29 is 60.0 Å². The van der Waals surface area contributed by atoms with Crippen LogP contribution in [-0.4, -0.2) is 65.2 Å². The van der Waals surface area contributed by atoms with E-state index in [0.29, 0.717) is 0 Å². The van der Waals surface area contributed by atoms with Gasteiger partial charge >= 0.3 is 50.9 Å². The third-order valence-corrected chi connectivity index (χ3v) is 8.30. The van der Waals surface area contributed by atoms with Gasteiger partial charge in [0.15, 0.2) is 0 Å². The fourth-order valence-electron chi connectivity index (χ4n) is 2.21. The summed E-state index contributed by atoms with van der Waals surface area (Å²) in [6.07, 6.45) is -0.832. The molecule has 0 fully saturated rings. The molecule has 0 radical (unpaired) electrons. The van der Waals surface area contributed by atoms with Crippen molar-refractivity contribution in [1.29, 1.82) is 0 Å². The predicted octanol–water partition coefficient (Wildman–Crippen LogP) is 0.0585. The third-order valence-electron chi connectivity index (χ3n) is 3.67. The Morgan fingerprint density at radius 3 is 1.22 bits per heavy atom. The molecule has 0 bridgehead atoms. The Kier molecular flexibility index (Phi) is 9.51. The van der Waals surface area contributed by atoms with Gasteiger partial charge in [0.2, 0.25) is 0 Å². The van der Waals surface area contributed by atoms with Gasteiger partial charge in [-0.1, -0.05) is 36.4 Å². The lowest BCUT2D eigenvalue weighted by Crippen LogP contribution is -2.30. The molecule has 0 aliphatic heterocycles. The summed E-state index contributed by atoms with van der Waals surface area (Å²) < 4.78 is 114. The Hall–Kier alpha value is -3.80. The zero-order valence-corrected chi connectivity index (χ0v) is 21.5. The molecular weight excluding hydrogens is 580 g/mol. The van der Waals surface area contributed by atoms with Gasteiger partial charge in [-0.25, -0.2) is 0 Å². The Balaban J connectivity index is 2.01. The summed E-state index contributed by atoms with van der Waals surface area (Å²) in [5.74, 6) is -2.87. The molecule has 0 amide bonds. The second-order valence-corrected chi connectivity index (χ2v) is 12.7. The zero-order valence-electron chi connectivity index (χ0n) is 18.2. The van der Waals surface area contributed by atoms with Gasteiger partial charge in [-0.05, 0) is 30.7 Å². The smallest absolute Gasteiger partial charge is 0.371 e. The molecule has 0 N–H and O–H groups in total. The summed E-state index contributed by atoms with van der Waals surface area (Å²) in [7, 11) is -19.9. The Labute approximate surface area is 211 Å². The molecule has 0 aliphatic rings. The van der Waals surface area contributed by atoms with Crippen LogP contribution in [0.2, 0.25) is 0 Å². The van der Waals surface area contributed by atoms with Crippen molar-refractivity contribution in [3.63, 3.8) is 0 Å². The van der Waals surface area contributed by atoms with E-state index >= 15 is 0 Å². The largest absolute Gasteiger partial charge is 0.624 e. The van der Waals surface area contributed by atoms with Crippen LogP contribution in [0, 0.1) is 0 Å². The van der Waals surface area contributed by atoms with Crippen LogP contribution in [0.3, 0.4) is 0 Å². The standard InChI is InChI=1S/C17H16N4O12S4/c18-20-16(36(26,27)30-14-8-3-1-4-9-14)32-34(22,23)12-7-13-35(24,25)33-17(21-19)37(28,29)31-15-10-5-2-6-11-15/h1-6,8-11H,7,12-13H2. The first-order valence-corrected chi connectivity index (χ1v) is 15.4. The number of rotatable bonds is 10. The highest BCUT2D eigenvalue weighted by atomic mass is 32.2. The van der Waals surface area contributed by atoms with Crippen LogP contribution in [0.25, 0.3) is 11.1 Å². The lowest BCUT2D eigenvalue weighted by molar-refractivity contribution is -0.0208. The SMILES string of the molecule is [N-]=[N+]=C(OS(=O)(=O)CCCS(=O)(=O)OC(=[N+]=[N-])S(=O)(=O)Oc1ccccc1)S(=O)(=O)Oc1ccccc1. The minimum Gasteiger partial charge on any atom is -0.371 e. The highest BCUT2D eigenvalue weighted by molar-refractivity contribution is 8.03. The Morgan fingerprint density at radius 1 is 0.595 bits per heavy atom. The molecule has 0 atom stereocenters. The molecule has 0 spiro atoms. The maximum Gasteiger partial charge on any atom is 0.624 e. The second kappa shape index (κ2) is 12.0. The molecule has 2 aromatic carbocycles. The third kappa shape index (κ3) is 9.30. The molecule has 0 aliphatic carbocycles. The molecule has 20 heteroatoms. The van der Waals surface area contributed by atoms with E-state index in [1.54, 1.807) is 0 Å². The summed E-state index contributed by atoms with van der Waals surface area (Å²) in [6, 6.07) is 13.4. The van der Waals surface area contributed by atoms with E-state index in [9.17, 15) is 33.7 Å². The summed E-state index contributed by atoms with van der Waals surface area (Å²) in [4.78, 5) is 4.49. The topological polar surface area (TPSA) is 246 Å². The summed E-state index contributed by atoms with van der Waals surface area (Å²) >= 11 is 0. The first kappa shape index (κ1) is 29.4. The Bertz CT molecular complexity index is 1520. The number of nitrogens with zero attached hydrogens (tertiary/aromatic N) is 4.